The van der Waals surface area contributed by atoms with Gasteiger partial charge >= 0.3 is 0 Å². The summed E-state index contributed by atoms with van der Waals surface area (Å²) in [5.74, 6) is 2.21. The SMILES string of the molecule is CCC(=O)N1C2CCC1Cn1c(nnc1-c1ccccc1)C2. The van der Waals surface area contributed by atoms with Gasteiger partial charge in [-0.3, -0.25) is 4.79 Å². The average molecular weight is 296 g/mol. The number of hydrogen-bond donors (Lipinski definition) is 0. The lowest BCUT2D eigenvalue weighted by Gasteiger charge is -2.27. The Morgan fingerprint density at radius 2 is 1.95 bits per heavy atom. The van der Waals surface area contributed by atoms with Crippen molar-refractivity contribution in [2.45, 2.75) is 51.2 Å². The molecule has 0 aliphatic carbocycles. The van der Waals surface area contributed by atoms with Gasteiger partial charge in [0.25, 0.3) is 0 Å². The van der Waals surface area contributed by atoms with Crippen LogP contribution in [0.5, 0.6) is 0 Å². The Hall–Kier alpha value is -2.17. The zero-order valence-electron chi connectivity index (χ0n) is 12.8. The Labute approximate surface area is 130 Å². The Morgan fingerprint density at radius 1 is 1.18 bits per heavy atom. The van der Waals surface area contributed by atoms with E-state index in [9.17, 15) is 4.79 Å². The van der Waals surface area contributed by atoms with Gasteiger partial charge in [0.2, 0.25) is 5.91 Å². The topological polar surface area (TPSA) is 51.0 Å². The first-order valence-electron chi connectivity index (χ1n) is 8.06. The largest absolute Gasteiger partial charge is 0.334 e. The maximum absolute atomic E-state index is 12.3. The van der Waals surface area contributed by atoms with Crippen molar-refractivity contribution in [3.63, 3.8) is 0 Å². The summed E-state index contributed by atoms with van der Waals surface area (Å²) >= 11 is 0. The summed E-state index contributed by atoms with van der Waals surface area (Å²) in [6, 6.07) is 10.8. The van der Waals surface area contributed by atoms with Crippen LogP contribution in [0.2, 0.25) is 0 Å². The first-order valence-corrected chi connectivity index (χ1v) is 8.06. The highest BCUT2D eigenvalue weighted by molar-refractivity contribution is 5.77. The second-order valence-electron chi connectivity index (χ2n) is 6.16. The minimum Gasteiger partial charge on any atom is -0.334 e. The van der Waals surface area contributed by atoms with Gasteiger partial charge in [0.05, 0.1) is 6.04 Å². The molecular weight excluding hydrogens is 276 g/mol. The molecule has 4 rings (SSSR count). The van der Waals surface area contributed by atoms with E-state index in [1.165, 1.54) is 0 Å². The molecule has 22 heavy (non-hydrogen) atoms. The molecule has 1 saturated heterocycles. The van der Waals surface area contributed by atoms with Gasteiger partial charge in [-0.15, -0.1) is 10.2 Å². The summed E-state index contributed by atoms with van der Waals surface area (Å²) in [5.41, 5.74) is 1.09. The van der Waals surface area contributed by atoms with Crippen LogP contribution in [0, 0.1) is 0 Å². The molecule has 5 nitrogen and oxygen atoms in total. The summed E-state index contributed by atoms with van der Waals surface area (Å²) in [6.45, 7) is 2.76. The summed E-state index contributed by atoms with van der Waals surface area (Å²) in [5, 5.41) is 8.81. The number of aromatic nitrogens is 3. The second-order valence-corrected chi connectivity index (χ2v) is 6.16. The molecule has 3 heterocycles. The molecule has 2 bridgehead atoms. The van der Waals surface area contributed by atoms with Gasteiger partial charge in [0.15, 0.2) is 5.82 Å². The summed E-state index contributed by atoms with van der Waals surface area (Å²) in [4.78, 5) is 14.4. The first-order chi connectivity index (χ1) is 10.8. The molecule has 114 valence electrons. The smallest absolute Gasteiger partial charge is 0.222 e. The maximum Gasteiger partial charge on any atom is 0.222 e. The zero-order valence-corrected chi connectivity index (χ0v) is 12.8. The average Bonchev–Trinajstić information content (AvgIpc) is 3.07. The van der Waals surface area contributed by atoms with Crippen LogP contribution in [0.15, 0.2) is 30.3 Å². The molecule has 1 amide bonds. The number of carbonyl (C=O) groups is 1. The van der Waals surface area contributed by atoms with Gasteiger partial charge in [-0.25, -0.2) is 0 Å². The number of amides is 1. The fraction of sp³-hybridized carbons (Fsp3) is 0.471. The molecule has 5 heteroatoms. The van der Waals surface area contributed by atoms with E-state index in [-0.39, 0.29) is 11.9 Å². The Kier molecular flexibility index (Phi) is 3.21. The first kappa shape index (κ1) is 13.5. The zero-order chi connectivity index (χ0) is 15.1. The second kappa shape index (κ2) is 5.23. The van der Waals surface area contributed by atoms with E-state index in [0.29, 0.717) is 12.5 Å². The lowest BCUT2D eigenvalue weighted by Crippen LogP contribution is -2.41. The molecule has 0 saturated carbocycles. The fourth-order valence-corrected chi connectivity index (χ4v) is 3.83. The highest BCUT2D eigenvalue weighted by Crippen LogP contribution is 2.33. The Morgan fingerprint density at radius 3 is 2.73 bits per heavy atom. The van der Waals surface area contributed by atoms with E-state index in [4.69, 9.17) is 0 Å². The minimum absolute atomic E-state index is 0.271. The van der Waals surface area contributed by atoms with Crippen LogP contribution < -0.4 is 0 Å². The third-order valence-corrected chi connectivity index (χ3v) is 4.88. The van der Waals surface area contributed by atoms with Gasteiger partial charge in [-0.05, 0) is 12.8 Å². The van der Waals surface area contributed by atoms with E-state index in [1.54, 1.807) is 0 Å². The molecule has 1 aromatic heterocycles. The van der Waals surface area contributed by atoms with Gasteiger partial charge in [-0.2, -0.15) is 0 Å². The van der Waals surface area contributed by atoms with Crippen molar-refractivity contribution in [2.24, 2.45) is 0 Å². The maximum atomic E-state index is 12.3. The Bertz CT molecular complexity index is 694. The molecule has 1 fully saturated rings. The van der Waals surface area contributed by atoms with E-state index < -0.39 is 0 Å². The van der Waals surface area contributed by atoms with E-state index in [2.05, 4.69) is 31.8 Å². The molecule has 0 spiro atoms. The lowest BCUT2D eigenvalue weighted by molar-refractivity contribution is -0.133. The third-order valence-electron chi connectivity index (χ3n) is 4.88. The van der Waals surface area contributed by atoms with E-state index in [1.807, 2.05) is 25.1 Å². The van der Waals surface area contributed by atoms with Crippen LogP contribution in [0.25, 0.3) is 11.4 Å². The van der Waals surface area contributed by atoms with Crippen molar-refractivity contribution in [2.75, 3.05) is 0 Å². The number of carbonyl (C=O) groups excluding carboxylic acids is 1. The number of hydrogen-bond acceptors (Lipinski definition) is 3. The van der Waals surface area contributed by atoms with Crippen molar-refractivity contribution in [1.82, 2.24) is 19.7 Å². The predicted octanol–water partition coefficient (Wildman–Crippen LogP) is 2.27. The molecular formula is C17H20N4O. The predicted molar refractivity (Wildman–Crippen MR) is 83.1 cm³/mol. The van der Waals surface area contributed by atoms with Crippen LogP contribution in [0.1, 0.15) is 32.0 Å². The number of rotatable bonds is 2. The standard InChI is InChI=1S/C17H20N4O/c1-2-16(22)21-13-8-9-14(21)11-20-15(10-13)18-19-17(20)12-6-4-3-5-7-12/h3-7,13-14H,2,8-11H2,1H3. The van der Waals surface area contributed by atoms with E-state index >= 15 is 0 Å². The van der Waals surface area contributed by atoms with Crippen molar-refractivity contribution in [1.29, 1.82) is 0 Å². The number of benzene rings is 1. The summed E-state index contributed by atoms with van der Waals surface area (Å²) in [7, 11) is 0. The summed E-state index contributed by atoms with van der Waals surface area (Å²) < 4.78 is 2.22. The van der Waals surface area contributed by atoms with Crippen LogP contribution in [-0.2, 0) is 17.8 Å². The van der Waals surface area contributed by atoms with Crippen LogP contribution in [-0.4, -0.2) is 37.7 Å². The molecule has 0 N–H and O–H groups in total. The minimum atomic E-state index is 0.271. The highest BCUT2D eigenvalue weighted by atomic mass is 16.2. The Balaban J connectivity index is 1.72. The van der Waals surface area contributed by atoms with Crippen molar-refractivity contribution in [3.8, 4) is 11.4 Å². The molecule has 0 radical (unpaired) electrons. The van der Waals surface area contributed by atoms with Gasteiger partial charge in [0, 0.05) is 31.0 Å². The molecule has 2 aliphatic heterocycles. The summed E-state index contributed by atoms with van der Waals surface area (Å²) in [6.07, 6.45) is 3.58. The molecule has 1 aromatic carbocycles. The van der Waals surface area contributed by atoms with Crippen molar-refractivity contribution in [3.05, 3.63) is 36.2 Å². The lowest BCUT2D eigenvalue weighted by atomic mass is 10.1. The monoisotopic (exact) mass is 296 g/mol. The molecule has 2 atom stereocenters. The number of fused-ring (bicyclic) bond motifs is 3. The van der Waals surface area contributed by atoms with Gasteiger partial charge in [-0.1, -0.05) is 37.3 Å². The van der Waals surface area contributed by atoms with Crippen molar-refractivity contribution < 1.29 is 4.79 Å². The highest BCUT2D eigenvalue weighted by Gasteiger charge is 2.40. The molecule has 2 aromatic rings. The quantitative estimate of drug-likeness (QED) is 0.854. The number of nitrogens with zero attached hydrogens (tertiary/aromatic N) is 4. The van der Waals surface area contributed by atoms with Gasteiger partial charge in [0.1, 0.15) is 5.82 Å². The van der Waals surface area contributed by atoms with Crippen LogP contribution in [0.3, 0.4) is 0 Å². The molecule has 2 unspecified atom stereocenters. The van der Waals surface area contributed by atoms with Crippen molar-refractivity contribution >= 4 is 5.91 Å². The van der Waals surface area contributed by atoms with Gasteiger partial charge < -0.3 is 9.47 Å². The fourth-order valence-electron chi connectivity index (χ4n) is 3.83. The van der Waals surface area contributed by atoms with Crippen LogP contribution in [0.4, 0.5) is 0 Å². The van der Waals surface area contributed by atoms with Crippen LogP contribution >= 0.6 is 0 Å². The third kappa shape index (κ3) is 2.03. The molecule has 2 aliphatic rings. The van der Waals surface area contributed by atoms with E-state index in [0.717, 1.165) is 43.0 Å². The normalized spacial score (nSPS) is 23.2.